The van der Waals surface area contributed by atoms with E-state index >= 15 is 0 Å². The van der Waals surface area contributed by atoms with Crippen LogP contribution in [-0.2, 0) is 53.0 Å². The molecule has 0 radical (unpaired) electrons. The van der Waals surface area contributed by atoms with Gasteiger partial charge in [-0.25, -0.2) is 4.79 Å². The van der Waals surface area contributed by atoms with Gasteiger partial charge in [-0.2, -0.15) is 0 Å². The maximum atomic E-state index is 13.3. The summed E-state index contributed by atoms with van der Waals surface area (Å²) in [5.74, 6) is -1.20. The Morgan fingerprint density at radius 3 is 1.59 bits per heavy atom. The lowest BCUT2D eigenvalue weighted by Crippen LogP contribution is -2.62. The van der Waals surface area contributed by atoms with Crippen molar-refractivity contribution in [3.05, 3.63) is 144 Å². The first-order valence-electron chi connectivity index (χ1n) is 14.6. The van der Waals surface area contributed by atoms with E-state index in [2.05, 4.69) is 0 Å². The Balaban J connectivity index is 1.45. The molecular weight excluding hydrogens is 560 g/mol. The summed E-state index contributed by atoms with van der Waals surface area (Å²) in [5.41, 5.74) is 3.19. The zero-order valence-electron chi connectivity index (χ0n) is 24.5. The van der Waals surface area contributed by atoms with Crippen molar-refractivity contribution in [2.75, 3.05) is 6.61 Å². The first-order chi connectivity index (χ1) is 21.6. The predicted molar refractivity (Wildman–Crippen MR) is 162 cm³/mol. The minimum Gasteiger partial charge on any atom is -0.449 e. The van der Waals surface area contributed by atoms with Gasteiger partial charge in [0.05, 0.1) is 32.0 Å². The highest BCUT2D eigenvalue weighted by Gasteiger charge is 2.51. The Labute approximate surface area is 257 Å². The van der Waals surface area contributed by atoms with Crippen LogP contribution in [0.5, 0.6) is 0 Å². The Hall–Kier alpha value is -4.34. The molecule has 1 aliphatic rings. The fraction of sp³-hybridized carbons (Fsp3) is 0.278. The fourth-order valence-electron chi connectivity index (χ4n) is 4.95. The first kappa shape index (κ1) is 31.1. The van der Waals surface area contributed by atoms with Gasteiger partial charge in [0, 0.05) is 6.92 Å². The van der Waals surface area contributed by atoms with Gasteiger partial charge in [-0.3, -0.25) is 4.79 Å². The highest BCUT2D eigenvalue weighted by atomic mass is 16.7. The number of ether oxygens (including phenoxy) is 6. The van der Waals surface area contributed by atoms with E-state index in [4.69, 9.17) is 28.4 Å². The smallest absolute Gasteiger partial charge is 0.338 e. The second kappa shape index (κ2) is 15.9. The summed E-state index contributed by atoms with van der Waals surface area (Å²) in [6.07, 6.45) is -4.76. The molecule has 0 aromatic heterocycles. The standard InChI is InChI=1S/C36H36O8/c1-26(37)42-36-34(44-35(38)30-20-12-5-13-21-30)33(41-24-29-18-10-4-11-19-29)32(40-23-28-16-8-3-9-17-28)31(43-36)25-39-22-27-14-6-2-7-15-27/h2-21,31-34,36H,22-25H2,1H3/t31-,32-,33+,34-,36?/m1/s1. The van der Waals surface area contributed by atoms with E-state index in [-0.39, 0.29) is 19.8 Å². The Kier molecular flexibility index (Phi) is 11.3. The van der Waals surface area contributed by atoms with Gasteiger partial charge < -0.3 is 28.4 Å². The molecule has 1 saturated heterocycles. The van der Waals surface area contributed by atoms with Crippen LogP contribution in [0.2, 0.25) is 0 Å². The molecule has 1 aliphatic heterocycles. The van der Waals surface area contributed by atoms with E-state index in [1.165, 1.54) is 6.92 Å². The Morgan fingerprint density at radius 1 is 0.591 bits per heavy atom. The average molecular weight is 597 g/mol. The van der Waals surface area contributed by atoms with Crippen molar-refractivity contribution >= 4 is 11.9 Å². The molecule has 8 heteroatoms. The van der Waals surface area contributed by atoms with Gasteiger partial charge in [-0.1, -0.05) is 109 Å². The maximum Gasteiger partial charge on any atom is 0.338 e. The van der Waals surface area contributed by atoms with Crippen LogP contribution in [0.15, 0.2) is 121 Å². The number of rotatable bonds is 13. The summed E-state index contributed by atoms with van der Waals surface area (Å²) in [4.78, 5) is 25.6. The number of benzene rings is 4. The molecule has 0 amide bonds. The van der Waals surface area contributed by atoms with E-state index in [1.807, 2.05) is 91.0 Å². The highest BCUT2D eigenvalue weighted by molar-refractivity contribution is 5.89. The molecule has 1 heterocycles. The monoisotopic (exact) mass is 596 g/mol. The summed E-state index contributed by atoms with van der Waals surface area (Å²) in [7, 11) is 0. The quantitative estimate of drug-likeness (QED) is 0.177. The molecule has 4 aromatic rings. The molecule has 8 nitrogen and oxygen atoms in total. The lowest BCUT2D eigenvalue weighted by molar-refractivity contribution is -0.309. The number of carbonyl (C=O) groups is 2. The van der Waals surface area contributed by atoms with Crippen molar-refractivity contribution in [3.8, 4) is 0 Å². The minimum atomic E-state index is -1.26. The van der Waals surface area contributed by atoms with Gasteiger partial charge in [0.15, 0.2) is 6.10 Å². The first-order valence-corrected chi connectivity index (χ1v) is 14.6. The summed E-state index contributed by atoms with van der Waals surface area (Å²) in [6, 6.07) is 37.7. The molecule has 5 rings (SSSR count). The SMILES string of the molecule is CC(=O)OC1O[C@H](COCc2ccccc2)[C@@H](OCc2ccccc2)[C@H](OCc2ccccc2)[C@H]1OC(=O)c1ccccc1. The number of carbonyl (C=O) groups excluding carboxylic acids is 2. The maximum absolute atomic E-state index is 13.3. The molecule has 0 saturated carbocycles. The van der Waals surface area contributed by atoms with Gasteiger partial charge >= 0.3 is 11.9 Å². The van der Waals surface area contributed by atoms with Gasteiger partial charge in [0.2, 0.25) is 6.29 Å². The van der Waals surface area contributed by atoms with E-state index in [9.17, 15) is 9.59 Å². The normalized spacial score (nSPS) is 21.3. The molecule has 228 valence electrons. The minimum absolute atomic E-state index is 0.108. The lowest BCUT2D eigenvalue weighted by Gasteiger charge is -2.45. The van der Waals surface area contributed by atoms with Crippen LogP contribution in [0.25, 0.3) is 0 Å². The molecule has 1 unspecified atom stereocenters. The predicted octanol–water partition coefficient (Wildman–Crippen LogP) is 5.89. The molecule has 0 bridgehead atoms. The summed E-state index contributed by atoms with van der Waals surface area (Å²) in [6.45, 7) is 2.16. The van der Waals surface area contributed by atoms with Crippen molar-refractivity contribution in [2.24, 2.45) is 0 Å². The van der Waals surface area contributed by atoms with E-state index in [1.54, 1.807) is 30.3 Å². The van der Waals surface area contributed by atoms with Gasteiger partial charge in [0.25, 0.3) is 0 Å². The second-order valence-electron chi connectivity index (χ2n) is 10.4. The topological polar surface area (TPSA) is 89.5 Å². The largest absolute Gasteiger partial charge is 0.449 e. The highest BCUT2D eigenvalue weighted by Crippen LogP contribution is 2.31. The van der Waals surface area contributed by atoms with Crippen molar-refractivity contribution < 1.29 is 38.0 Å². The van der Waals surface area contributed by atoms with E-state index < -0.39 is 42.6 Å². The summed E-state index contributed by atoms with van der Waals surface area (Å²) in [5, 5.41) is 0. The third-order valence-electron chi connectivity index (χ3n) is 7.09. The van der Waals surface area contributed by atoms with Crippen LogP contribution >= 0.6 is 0 Å². The van der Waals surface area contributed by atoms with Crippen LogP contribution in [0.3, 0.4) is 0 Å². The Bertz CT molecular complexity index is 1430. The zero-order chi connectivity index (χ0) is 30.6. The second-order valence-corrected chi connectivity index (χ2v) is 10.4. The van der Waals surface area contributed by atoms with Crippen molar-refractivity contribution in [3.63, 3.8) is 0 Å². The lowest BCUT2D eigenvalue weighted by atomic mass is 9.97. The van der Waals surface area contributed by atoms with Gasteiger partial charge in [-0.05, 0) is 28.8 Å². The number of hydrogen-bond acceptors (Lipinski definition) is 8. The number of esters is 2. The molecule has 1 fully saturated rings. The molecule has 5 atom stereocenters. The molecule has 0 aliphatic carbocycles. The van der Waals surface area contributed by atoms with Crippen LogP contribution in [0.4, 0.5) is 0 Å². The van der Waals surface area contributed by atoms with Crippen LogP contribution < -0.4 is 0 Å². The molecule has 0 spiro atoms. The summed E-state index contributed by atoms with van der Waals surface area (Å²) >= 11 is 0. The Morgan fingerprint density at radius 2 is 1.07 bits per heavy atom. The van der Waals surface area contributed by atoms with Crippen molar-refractivity contribution in [1.82, 2.24) is 0 Å². The number of hydrogen-bond donors (Lipinski definition) is 0. The molecule has 0 N–H and O–H groups in total. The average Bonchev–Trinajstić information content (AvgIpc) is 3.06. The van der Waals surface area contributed by atoms with Crippen LogP contribution in [0, 0.1) is 0 Å². The van der Waals surface area contributed by atoms with Crippen LogP contribution in [0.1, 0.15) is 34.0 Å². The van der Waals surface area contributed by atoms with Crippen LogP contribution in [-0.4, -0.2) is 49.3 Å². The third-order valence-corrected chi connectivity index (χ3v) is 7.09. The molecule has 44 heavy (non-hydrogen) atoms. The fourth-order valence-corrected chi connectivity index (χ4v) is 4.95. The third kappa shape index (κ3) is 8.84. The molecular formula is C36H36O8. The van der Waals surface area contributed by atoms with Gasteiger partial charge in [0.1, 0.15) is 18.3 Å². The van der Waals surface area contributed by atoms with Gasteiger partial charge in [-0.15, -0.1) is 0 Å². The van der Waals surface area contributed by atoms with E-state index in [0.29, 0.717) is 12.2 Å². The van der Waals surface area contributed by atoms with Crippen molar-refractivity contribution in [1.29, 1.82) is 0 Å². The summed E-state index contributed by atoms with van der Waals surface area (Å²) < 4.78 is 37.0. The van der Waals surface area contributed by atoms with E-state index in [0.717, 1.165) is 16.7 Å². The van der Waals surface area contributed by atoms with Crippen molar-refractivity contribution in [2.45, 2.75) is 57.5 Å². The zero-order valence-corrected chi connectivity index (χ0v) is 24.5. The molecule has 4 aromatic carbocycles.